The number of amides is 2. The summed E-state index contributed by atoms with van der Waals surface area (Å²) in [7, 11) is 1.91. The van der Waals surface area contributed by atoms with Gasteiger partial charge in [0.2, 0.25) is 0 Å². The molecule has 2 aliphatic heterocycles. The number of hydrogen-bond acceptors (Lipinski definition) is 3. The molecule has 0 saturated carbocycles. The second-order valence-corrected chi connectivity index (χ2v) is 6.93. The van der Waals surface area contributed by atoms with Crippen LogP contribution in [0.3, 0.4) is 0 Å². The molecule has 1 saturated heterocycles. The molecule has 2 amide bonds. The maximum absolute atomic E-state index is 13.3. The van der Waals surface area contributed by atoms with Crippen LogP contribution < -0.4 is 10.2 Å². The van der Waals surface area contributed by atoms with E-state index in [1.165, 1.54) is 0 Å². The van der Waals surface area contributed by atoms with Crippen LogP contribution >= 0.6 is 0 Å². The Morgan fingerprint density at radius 1 is 1.11 bits per heavy atom. The van der Waals surface area contributed by atoms with E-state index < -0.39 is 17.5 Å². The molecule has 1 N–H and O–H groups in total. The third kappa shape index (κ3) is 3.13. The Morgan fingerprint density at radius 3 is 2.59 bits per heavy atom. The van der Waals surface area contributed by atoms with Crippen molar-refractivity contribution in [1.82, 2.24) is 4.90 Å². The van der Waals surface area contributed by atoms with Crippen molar-refractivity contribution in [3.8, 4) is 0 Å². The summed E-state index contributed by atoms with van der Waals surface area (Å²) in [4.78, 5) is 29.2. The van der Waals surface area contributed by atoms with Crippen molar-refractivity contribution in [3.63, 3.8) is 0 Å². The molecule has 1 fully saturated rings. The quantitative estimate of drug-likeness (QED) is 0.877. The Kier molecular flexibility index (Phi) is 4.30. The van der Waals surface area contributed by atoms with Crippen molar-refractivity contribution < 1.29 is 18.4 Å². The molecule has 0 unspecified atom stereocenters. The fraction of sp³-hybridized carbons (Fsp3) is 0.300. The van der Waals surface area contributed by atoms with E-state index in [1.807, 2.05) is 16.8 Å². The lowest BCUT2D eigenvalue weighted by molar-refractivity contribution is 0.0589. The van der Waals surface area contributed by atoms with Gasteiger partial charge in [0.25, 0.3) is 11.8 Å². The first kappa shape index (κ1) is 17.5. The number of nitrogens with one attached hydrogen (secondary N) is 1. The van der Waals surface area contributed by atoms with Gasteiger partial charge in [0.15, 0.2) is 0 Å². The van der Waals surface area contributed by atoms with Gasteiger partial charge in [-0.25, -0.2) is 8.78 Å². The fourth-order valence-corrected chi connectivity index (χ4v) is 3.84. The van der Waals surface area contributed by atoms with Crippen molar-refractivity contribution in [3.05, 3.63) is 59.2 Å². The molecule has 2 heterocycles. The van der Waals surface area contributed by atoms with Crippen LogP contribution in [0.15, 0.2) is 36.4 Å². The van der Waals surface area contributed by atoms with Gasteiger partial charge in [-0.05, 0) is 49.6 Å². The number of piperidine rings is 1. The molecule has 4 rings (SSSR count). The van der Waals surface area contributed by atoms with Crippen molar-refractivity contribution in [2.75, 3.05) is 23.8 Å². The summed E-state index contributed by atoms with van der Waals surface area (Å²) in [6.07, 6.45) is 2.94. The molecule has 0 aliphatic carbocycles. The normalized spacial score (nSPS) is 18.8. The highest BCUT2D eigenvalue weighted by molar-refractivity contribution is 6.08. The average molecular weight is 371 g/mol. The van der Waals surface area contributed by atoms with Crippen LogP contribution in [-0.2, 0) is 0 Å². The van der Waals surface area contributed by atoms with Crippen molar-refractivity contribution >= 4 is 23.2 Å². The number of nitrogens with zero attached hydrogens (tertiary/aromatic N) is 2. The zero-order valence-corrected chi connectivity index (χ0v) is 14.8. The third-order valence-corrected chi connectivity index (χ3v) is 5.17. The number of carbonyl (C=O) groups is 2. The van der Waals surface area contributed by atoms with Gasteiger partial charge >= 0.3 is 0 Å². The predicted molar refractivity (Wildman–Crippen MR) is 97.8 cm³/mol. The summed E-state index contributed by atoms with van der Waals surface area (Å²) in [6, 6.07) is 7.69. The Hall–Kier alpha value is -2.96. The molecule has 140 valence electrons. The second-order valence-electron chi connectivity index (χ2n) is 6.93. The highest BCUT2D eigenvalue weighted by Gasteiger charge is 2.37. The molecule has 2 aliphatic rings. The standard InChI is InChI=1S/C20H19F2N3O2/c1-24-17-8-12(19(26)23-15-10-13(21)9-14(22)11-15)5-6-16(17)20(27)25-7-3-2-4-18(24)25/h5-6,8-11,18H,2-4,7H2,1H3,(H,23,26)/t18-/m1/s1. The number of carbonyl (C=O) groups excluding carboxylic acids is 2. The first-order valence-corrected chi connectivity index (χ1v) is 8.89. The largest absolute Gasteiger partial charge is 0.354 e. The van der Waals surface area contributed by atoms with Crippen LogP contribution in [0, 0.1) is 11.6 Å². The van der Waals surface area contributed by atoms with Gasteiger partial charge in [-0.3, -0.25) is 9.59 Å². The number of hydrogen-bond donors (Lipinski definition) is 1. The minimum Gasteiger partial charge on any atom is -0.354 e. The predicted octanol–water partition coefficient (Wildman–Crippen LogP) is 3.62. The Labute approximate surface area is 155 Å². The molecule has 0 spiro atoms. The highest BCUT2D eigenvalue weighted by Crippen LogP contribution is 2.34. The van der Waals surface area contributed by atoms with Crippen molar-refractivity contribution in [2.24, 2.45) is 0 Å². The summed E-state index contributed by atoms with van der Waals surface area (Å²) in [6.45, 7) is 0.737. The summed E-state index contributed by atoms with van der Waals surface area (Å²) in [5.74, 6) is -2.04. The maximum Gasteiger partial charge on any atom is 0.257 e. The topological polar surface area (TPSA) is 52.7 Å². The first-order chi connectivity index (χ1) is 12.9. The van der Waals surface area contributed by atoms with Crippen molar-refractivity contribution in [2.45, 2.75) is 25.4 Å². The van der Waals surface area contributed by atoms with E-state index in [-0.39, 0.29) is 17.8 Å². The summed E-state index contributed by atoms with van der Waals surface area (Å²) in [5.41, 5.74) is 1.62. The summed E-state index contributed by atoms with van der Waals surface area (Å²) >= 11 is 0. The van der Waals surface area contributed by atoms with Crippen LogP contribution in [0.25, 0.3) is 0 Å². The lowest BCUT2D eigenvalue weighted by atomic mass is 9.97. The average Bonchev–Trinajstić information content (AvgIpc) is 2.65. The molecule has 0 aromatic heterocycles. The lowest BCUT2D eigenvalue weighted by Gasteiger charge is -2.46. The number of fused-ring (bicyclic) bond motifs is 2. The first-order valence-electron chi connectivity index (χ1n) is 8.89. The summed E-state index contributed by atoms with van der Waals surface area (Å²) < 4.78 is 26.6. The molecule has 2 aromatic carbocycles. The van der Waals surface area contributed by atoms with E-state index >= 15 is 0 Å². The van der Waals surface area contributed by atoms with Crippen LogP contribution in [0.2, 0.25) is 0 Å². The molecular formula is C20H19F2N3O2. The van der Waals surface area contributed by atoms with Gasteiger partial charge in [-0.2, -0.15) is 0 Å². The van der Waals surface area contributed by atoms with E-state index in [0.29, 0.717) is 16.8 Å². The molecule has 1 atom stereocenters. The fourth-order valence-electron chi connectivity index (χ4n) is 3.84. The monoisotopic (exact) mass is 371 g/mol. The Bertz CT molecular complexity index is 911. The van der Waals surface area contributed by atoms with Gasteiger partial charge in [0.05, 0.1) is 11.3 Å². The van der Waals surface area contributed by atoms with E-state index in [2.05, 4.69) is 5.32 Å². The van der Waals surface area contributed by atoms with Crippen LogP contribution in [0.4, 0.5) is 20.2 Å². The molecular weight excluding hydrogens is 352 g/mol. The maximum atomic E-state index is 13.3. The molecule has 7 heteroatoms. The van der Waals surface area contributed by atoms with Crippen LogP contribution in [0.5, 0.6) is 0 Å². The summed E-state index contributed by atoms with van der Waals surface area (Å²) in [5, 5.41) is 2.50. The number of benzene rings is 2. The molecule has 2 aromatic rings. The highest BCUT2D eigenvalue weighted by atomic mass is 19.1. The van der Waals surface area contributed by atoms with Gasteiger partial charge in [0, 0.05) is 30.9 Å². The SMILES string of the molecule is CN1c2cc(C(=O)Nc3cc(F)cc(F)c3)ccc2C(=O)N2CCCC[C@@H]21. The van der Waals surface area contributed by atoms with E-state index in [9.17, 15) is 18.4 Å². The van der Waals surface area contributed by atoms with E-state index in [1.54, 1.807) is 18.2 Å². The lowest BCUT2D eigenvalue weighted by Crippen LogP contribution is -2.55. The zero-order valence-electron chi connectivity index (χ0n) is 14.8. The minimum absolute atomic E-state index is 0.00521. The van der Waals surface area contributed by atoms with Gasteiger partial charge in [-0.1, -0.05) is 0 Å². The van der Waals surface area contributed by atoms with Gasteiger partial charge < -0.3 is 15.1 Å². The Morgan fingerprint density at radius 2 is 1.85 bits per heavy atom. The van der Waals surface area contributed by atoms with Gasteiger partial charge in [-0.15, -0.1) is 0 Å². The molecule has 27 heavy (non-hydrogen) atoms. The second kappa shape index (κ2) is 6.64. The van der Waals surface area contributed by atoms with Crippen LogP contribution in [0.1, 0.15) is 40.0 Å². The van der Waals surface area contributed by atoms with Crippen LogP contribution in [-0.4, -0.2) is 36.5 Å². The van der Waals surface area contributed by atoms with Gasteiger partial charge in [0.1, 0.15) is 17.8 Å². The molecule has 0 bridgehead atoms. The van der Waals surface area contributed by atoms with E-state index in [4.69, 9.17) is 0 Å². The molecule has 5 nitrogen and oxygen atoms in total. The zero-order chi connectivity index (χ0) is 19.1. The number of halogens is 2. The minimum atomic E-state index is -0.765. The number of rotatable bonds is 2. The molecule has 0 radical (unpaired) electrons. The number of anilines is 2. The smallest absolute Gasteiger partial charge is 0.257 e. The van der Waals surface area contributed by atoms with E-state index in [0.717, 1.165) is 44.0 Å². The van der Waals surface area contributed by atoms with Crippen molar-refractivity contribution in [1.29, 1.82) is 0 Å². The Balaban J connectivity index is 1.63. The third-order valence-electron chi connectivity index (χ3n) is 5.17.